The van der Waals surface area contributed by atoms with Gasteiger partial charge in [0.1, 0.15) is 6.04 Å². The van der Waals surface area contributed by atoms with Gasteiger partial charge in [0, 0.05) is 30.9 Å². The summed E-state index contributed by atoms with van der Waals surface area (Å²) in [6.45, 7) is 8.27. The summed E-state index contributed by atoms with van der Waals surface area (Å²) in [6.07, 6.45) is -0.100. The second kappa shape index (κ2) is 9.50. The van der Waals surface area contributed by atoms with Crippen LogP contribution in [0, 0.1) is 0 Å². The first kappa shape index (κ1) is 21.6. The van der Waals surface area contributed by atoms with Crippen molar-refractivity contribution in [1.29, 1.82) is 0 Å². The van der Waals surface area contributed by atoms with Gasteiger partial charge in [-0.2, -0.15) is 0 Å². The summed E-state index contributed by atoms with van der Waals surface area (Å²) in [5.74, 6) is -0.145. The molecule has 2 aliphatic heterocycles. The van der Waals surface area contributed by atoms with Crippen LogP contribution in [0.15, 0.2) is 24.3 Å². The molecule has 2 fully saturated rings. The van der Waals surface area contributed by atoms with Gasteiger partial charge in [-0.25, -0.2) is 0 Å². The third kappa shape index (κ3) is 5.42. The molecule has 0 aliphatic carbocycles. The van der Waals surface area contributed by atoms with Crippen LogP contribution < -0.4 is 10.6 Å². The molecule has 2 unspecified atom stereocenters. The van der Waals surface area contributed by atoms with E-state index in [2.05, 4.69) is 10.6 Å². The Bertz CT molecular complexity index is 645. The zero-order chi connectivity index (χ0) is 18.7. The highest BCUT2D eigenvalue weighted by Gasteiger charge is 2.29. The van der Waals surface area contributed by atoms with Crippen LogP contribution in [0.5, 0.6) is 0 Å². The number of hydrogen-bond acceptors (Lipinski definition) is 5. The van der Waals surface area contributed by atoms with Crippen molar-refractivity contribution < 1.29 is 19.1 Å². The van der Waals surface area contributed by atoms with Gasteiger partial charge in [-0.15, -0.1) is 12.4 Å². The third-order valence-corrected chi connectivity index (χ3v) is 4.71. The van der Waals surface area contributed by atoms with Crippen molar-refractivity contribution in [3.05, 3.63) is 29.8 Å². The summed E-state index contributed by atoms with van der Waals surface area (Å²) < 4.78 is 11.2. The first-order valence-electron chi connectivity index (χ1n) is 9.14. The lowest BCUT2D eigenvalue weighted by molar-refractivity contribution is -0.123. The van der Waals surface area contributed by atoms with E-state index in [1.807, 2.05) is 25.7 Å². The van der Waals surface area contributed by atoms with E-state index in [9.17, 15) is 9.59 Å². The molecule has 150 valence electrons. The van der Waals surface area contributed by atoms with Gasteiger partial charge in [0.05, 0.1) is 24.9 Å². The molecule has 8 heteroatoms. The van der Waals surface area contributed by atoms with Gasteiger partial charge < -0.3 is 25.0 Å². The largest absolute Gasteiger partial charge is 0.375 e. The summed E-state index contributed by atoms with van der Waals surface area (Å²) in [5.41, 5.74) is 1.27. The highest BCUT2D eigenvalue weighted by Crippen LogP contribution is 2.17. The van der Waals surface area contributed by atoms with Crippen LogP contribution in [0.3, 0.4) is 0 Å². The van der Waals surface area contributed by atoms with Crippen molar-refractivity contribution in [3.8, 4) is 0 Å². The van der Waals surface area contributed by atoms with Crippen LogP contribution in [0.2, 0.25) is 0 Å². The number of carbonyl (C=O) groups is 2. The number of nitrogens with zero attached hydrogens (tertiary/aromatic N) is 1. The Balaban J connectivity index is 0.00000261. The third-order valence-electron chi connectivity index (χ3n) is 4.71. The summed E-state index contributed by atoms with van der Waals surface area (Å²) >= 11 is 0. The maximum Gasteiger partial charge on any atom is 0.254 e. The van der Waals surface area contributed by atoms with Crippen molar-refractivity contribution in [3.63, 3.8) is 0 Å². The van der Waals surface area contributed by atoms with Crippen molar-refractivity contribution in [2.45, 2.75) is 45.1 Å². The molecule has 7 nitrogen and oxygen atoms in total. The monoisotopic (exact) mass is 397 g/mol. The van der Waals surface area contributed by atoms with E-state index >= 15 is 0 Å². The van der Waals surface area contributed by atoms with Crippen LogP contribution >= 0.6 is 12.4 Å². The first-order valence-corrected chi connectivity index (χ1v) is 9.14. The molecule has 0 bridgehead atoms. The molecule has 2 saturated heterocycles. The van der Waals surface area contributed by atoms with Gasteiger partial charge >= 0.3 is 0 Å². The minimum absolute atomic E-state index is 0. The maximum absolute atomic E-state index is 12.7. The average Bonchev–Trinajstić information content (AvgIpc) is 2.61. The number of nitrogens with one attached hydrogen (secondary N) is 2. The Morgan fingerprint density at radius 2 is 1.74 bits per heavy atom. The quantitative estimate of drug-likeness (QED) is 0.811. The molecule has 27 heavy (non-hydrogen) atoms. The smallest absolute Gasteiger partial charge is 0.254 e. The first-order chi connectivity index (χ1) is 12.4. The molecule has 3 rings (SSSR count). The van der Waals surface area contributed by atoms with Crippen LogP contribution in [-0.2, 0) is 14.3 Å². The number of anilines is 1. The number of ether oxygens (including phenoxy) is 2. The number of rotatable bonds is 3. The second-order valence-corrected chi connectivity index (χ2v) is 7.04. The van der Waals surface area contributed by atoms with Crippen LogP contribution in [0.4, 0.5) is 5.69 Å². The molecular formula is C19H28ClN3O4. The minimum Gasteiger partial charge on any atom is -0.375 e. The number of benzene rings is 1. The highest BCUT2D eigenvalue weighted by atomic mass is 35.5. The fraction of sp³-hybridized carbons (Fsp3) is 0.579. The number of carbonyl (C=O) groups excluding carboxylic acids is 2. The van der Waals surface area contributed by atoms with Gasteiger partial charge in [-0.3, -0.25) is 9.59 Å². The number of morpholine rings is 2. The lowest BCUT2D eigenvalue weighted by atomic mass is 10.1. The molecule has 2 heterocycles. The number of amides is 2. The minimum atomic E-state index is -0.374. The Morgan fingerprint density at radius 1 is 1.11 bits per heavy atom. The molecule has 2 aliphatic rings. The molecule has 0 radical (unpaired) electrons. The molecule has 2 N–H and O–H groups in total. The topological polar surface area (TPSA) is 79.9 Å². The van der Waals surface area contributed by atoms with E-state index in [1.54, 1.807) is 24.3 Å². The fourth-order valence-electron chi connectivity index (χ4n) is 3.47. The molecule has 0 saturated carbocycles. The van der Waals surface area contributed by atoms with Crippen molar-refractivity contribution in [2.24, 2.45) is 0 Å². The van der Waals surface area contributed by atoms with E-state index in [1.165, 1.54) is 0 Å². The molecule has 2 amide bonds. The lowest BCUT2D eigenvalue weighted by Crippen LogP contribution is -2.53. The van der Waals surface area contributed by atoms with E-state index in [0.29, 0.717) is 37.5 Å². The van der Waals surface area contributed by atoms with E-state index in [0.717, 1.165) is 0 Å². The molecule has 1 aromatic carbocycles. The van der Waals surface area contributed by atoms with Crippen molar-refractivity contribution in [1.82, 2.24) is 10.2 Å². The number of halogens is 1. The summed E-state index contributed by atoms with van der Waals surface area (Å²) in [4.78, 5) is 26.9. The zero-order valence-corrected chi connectivity index (χ0v) is 16.8. The van der Waals surface area contributed by atoms with Crippen LogP contribution in [-0.4, -0.2) is 67.3 Å². The van der Waals surface area contributed by atoms with Crippen LogP contribution in [0.25, 0.3) is 0 Å². The molecule has 0 spiro atoms. The van der Waals surface area contributed by atoms with Gasteiger partial charge in [-0.1, -0.05) is 0 Å². The Morgan fingerprint density at radius 3 is 2.33 bits per heavy atom. The van der Waals surface area contributed by atoms with Gasteiger partial charge in [-0.05, 0) is 45.0 Å². The molecule has 4 atom stereocenters. The van der Waals surface area contributed by atoms with Crippen LogP contribution in [0.1, 0.15) is 31.1 Å². The Hall–Kier alpha value is -1.67. The maximum atomic E-state index is 12.7. The average molecular weight is 398 g/mol. The second-order valence-electron chi connectivity index (χ2n) is 7.04. The molecular weight excluding hydrogens is 370 g/mol. The van der Waals surface area contributed by atoms with Crippen molar-refractivity contribution in [2.75, 3.05) is 31.6 Å². The predicted molar refractivity (Wildman–Crippen MR) is 105 cm³/mol. The molecule has 1 aromatic rings. The number of hydrogen-bond donors (Lipinski definition) is 2. The predicted octanol–water partition coefficient (Wildman–Crippen LogP) is 1.67. The zero-order valence-electron chi connectivity index (χ0n) is 15.9. The fourth-order valence-corrected chi connectivity index (χ4v) is 3.47. The Kier molecular flexibility index (Phi) is 7.61. The van der Waals surface area contributed by atoms with Gasteiger partial charge in [0.2, 0.25) is 5.91 Å². The summed E-state index contributed by atoms with van der Waals surface area (Å²) in [7, 11) is 0. The summed E-state index contributed by atoms with van der Waals surface area (Å²) in [6, 6.07) is 6.63. The van der Waals surface area contributed by atoms with E-state index in [4.69, 9.17) is 9.47 Å². The summed E-state index contributed by atoms with van der Waals surface area (Å²) in [5, 5.41) is 6.04. The van der Waals surface area contributed by atoms with Gasteiger partial charge in [0.25, 0.3) is 5.91 Å². The van der Waals surface area contributed by atoms with Crippen molar-refractivity contribution >= 4 is 29.9 Å². The normalized spacial score (nSPS) is 28.2. The van der Waals surface area contributed by atoms with E-state index in [-0.39, 0.29) is 48.6 Å². The van der Waals surface area contributed by atoms with Gasteiger partial charge in [0.15, 0.2) is 0 Å². The van der Waals surface area contributed by atoms with E-state index < -0.39 is 0 Å². The Labute approximate surface area is 166 Å². The standard InChI is InChI=1S/C19H27N3O4.ClH/c1-12-10-22(11-13(2)26-12)19(24)15-4-6-16(7-5-15)21-18(23)17-14(3)25-9-8-20-17;/h4-7,12-14,17,20H,8-11H2,1-3H3,(H,21,23);1H/t12?,13?,14-,17+;/m1./s1. The lowest BCUT2D eigenvalue weighted by Gasteiger charge is -2.35. The highest BCUT2D eigenvalue weighted by molar-refractivity contribution is 5.97. The molecule has 0 aromatic heterocycles. The SMILES string of the molecule is CC1CN(C(=O)c2ccc(NC(=O)[C@H]3NCCO[C@@H]3C)cc2)CC(C)O1.Cl.